The third kappa shape index (κ3) is 2.97. The number of Topliss-reactive ketones (excluding diaryl/α,β-unsaturated/α-hetero) is 1. The van der Waals surface area contributed by atoms with Gasteiger partial charge in [-0.05, 0) is 91.3 Å². The minimum atomic E-state index is -0.714. The molecule has 4 fully saturated rings. The highest BCUT2D eigenvalue weighted by atomic mass is 16.4. The third-order valence-corrected chi connectivity index (χ3v) is 10.2. The molecule has 4 aliphatic rings. The topological polar surface area (TPSA) is 74.6 Å². The van der Waals surface area contributed by atoms with Gasteiger partial charge in [0.2, 0.25) is 0 Å². The van der Waals surface area contributed by atoms with E-state index >= 15 is 0 Å². The van der Waals surface area contributed by atoms with E-state index in [2.05, 4.69) is 20.8 Å². The number of carbonyl (C=O) groups is 2. The van der Waals surface area contributed by atoms with E-state index in [0.717, 1.165) is 32.1 Å². The summed E-state index contributed by atoms with van der Waals surface area (Å²) in [6.45, 7) is 6.93. The Bertz CT molecular complexity index is 645. The fourth-order valence-corrected chi connectivity index (χ4v) is 8.52. The molecule has 28 heavy (non-hydrogen) atoms. The molecule has 0 radical (unpaired) electrons. The molecule has 0 bridgehead atoms. The van der Waals surface area contributed by atoms with Gasteiger partial charge < -0.3 is 10.2 Å². The lowest BCUT2D eigenvalue weighted by atomic mass is 9.44. The van der Waals surface area contributed by atoms with Crippen LogP contribution in [0, 0.1) is 46.3 Å². The molecule has 0 heterocycles. The zero-order valence-electron chi connectivity index (χ0n) is 17.8. The zero-order chi connectivity index (χ0) is 20.3. The Kier molecular flexibility index (Phi) is 5.17. The molecule has 4 nitrogen and oxygen atoms in total. The van der Waals surface area contributed by atoms with Crippen LogP contribution >= 0.6 is 0 Å². The quantitative estimate of drug-likeness (QED) is 0.730. The molecule has 0 aliphatic heterocycles. The van der Waals surface area contributed by atoms with Crippen molar-refractivity contribution in [2.75, 3.05) is 0 Å². The van der Waals surface area contributed by atoms with E-state index in [9.17, 15) is 14.7 Å². The lowest BCUT2D eigenvalue weighted by molar-refractivity contribution is -0.171. The number of hydrogen-bond acceptors (Lipinski definition) is 3. The molecule has 4 rings (SSSR count). The Morgan fingerprint density at radius 2 is 1.93 bits per heavy atom. The van der Waals surface area contributed by atoms with Gasteiger partial charge >= 0.3 is 5.97 Å². The number of carbonyl (C=O) groups excluding carboxylic acids is 1. The van der Waals surface area contributed by atoms with Gasteiger partial charge in [0.15, 0.2) is 0 Å². The number of rotatable bonds is 4. The monoisotopic (exact) mass is 390 g/mol. The summed E-state index contributed by atoms with van der Waals surface area (Å²) in [6, 6.07) is 0. The van der Waals surface area contributed by atoms with Crippen LogP contribution < -0.4 is 0 Å². The summed E-state index contributed by atoms with van der Waals surface area (Å²) in [5.74, 6) is 2.76. The summed E-state index contributed by atoms with van der Waals surface area (Å²) in [5.41, 5.74) is 0.138. The van der Waals surface area contributed by atoms with Crippen LogP contribution in [0.25, 0.3) is 0 Å². The molecule has 0 aromatic heterocycles. The molecule has 9 atom stereocenters. The van der Waals surface area contributed by atoms with E-state index in [4.69, 9.17) is 5.11 Å². The predicted octanol–water partition coefficient (Wildman–Crippen LogP) is 4.69. The molecule has 0 spiro atoms. The molecule has 0 unspecified atom stereocenters. The Balaban J connectivity index is 1.57. The van der Waals surface area contributed by atoms with Gasteiger partial charge in [-0.15, -0.1) is 0 Å². The second kappa shape index (κ2) is 7.11. The molecule has 0 amide bonds. The highest BCUT2D eigenvalue weighted by Crippen LogP contribution is 2.68. The van der Waals surface area contributed by atoms with Gasteiger partial charge in [0.05, 0.1) is 6.10 Å². The highest BCUT2D eigenvalue weighted by molar-refractivity contribution is 5.79. The minimum Gasteiger partial charge on any atom is -0.481 e. The van der Waals surface area contributed by atoms with E-state index < -0.39 is 5.97 Å². The van der Waals surface area contributed by atoms with Crippen molar-refractivity contribution in [3.05, 3.63) is 0 Å². The number of carboxylic acid groups (broad SMARTS) is 1. The first-order valence-electron chi connectivity index (χ1n) is 11.6. The first-order valence-corrected chi connectivity index (χ1v) is 11.6. The molecule has 0 aromatic carbocycles. The fraction of sp³-hybridized carbons (Fsp3) is 0.917. The van der Waals surface area contributed by atoms with Crippen molar-refractivity contribution in [2.45, 2.75) is 91.1 Å². The van der Waals surface area contributed by atoms with Gasteiger partial charge in [-0.3, -0.25) is 9.59 Å². The summed E-state index contributed by atoms with van der Waals surface area (Å²) >= 11 is 0. The standard InChI is InChI=1S/C24H38O4/c1-14(4-9-22(27)28)18-7-8-19-17-6-5-15-12-16(25)10-11-23(15,2)20(17)13-21(26)24(18,19)3/h14-15,17-21,26H,4-13H2,1-3H3,(H,27,28)/t14-,15-,17+,18-,19+,20+,21-,23+,24-/m1/s1. The number of hydrogen-bond donors (Lipinski definition) is 2. The Labute approximate surface area is 169 Å². The summed E-state index contributed by atoms with van der Waals surface area (Å²) in [5, 5.41) is 20.5. The Morgan fingerprint density at radius 3 is 2.64 bits per heavy atom. The molecular formula is C24H38O4. The smallest absolute Gasteiger partial charge is 0.303 e. The minimum absolute atomic E-state index is 0.0766. The van der Waals surface area contributed by atoms with Gasteiger partial charge in [0, 0.05) is 19.3 Å². The maximum Gasteiger partial charge on any atom is 0.303 e. The maximum absolute atomic E-state index is 12.1. The predicted molar refractivity (Wildman–Crippen MR) is 108 cm³/mol. The zero-order valence-corrected chi connectivity index (χ0v) is 17.8. The van der Waals surface area contributed by atoms with E-state index in [1.54, 1.807) is 0 Å². The highest BCUT2D eigenvalue weighted by Gasteiger charge is 2.63. The molecule has 158 valence electrons. The largest absolute Gasteiger partial charge is 0.481 e. The van der Waals surface area contributed by atoms with E-state index in [1.807, 2.05) is 0 Å². The van der Waals surface area contributed by atoms with Crippen LogP contribution in [0.4, 0.5) is 0 Å². The van der Waals surface area contributed by atoms with Crippen LogP contribution in [0.1, 0.15) is 85.0 Å². The number of aliphatic hydroxyl groups is 1. The van der Waals surface area contributed by atoms with E-state index in [1.165, 1.54) is 19.3 Å². The van der Waals surface area contributed by atoms with Crippen LogP contribution in [0.2, 0.25) is 0 Å². The van der Waals surface area contributed by atoms with E-state index in [0.29, 0.717) is 47.7 Å². The van der Waals surface area contributed by atoms with Crippen molar-refractivity contribution in [2.24, 2.45) is 46.3 Å². The molecular weight excluding hydrogens is 352 g/mol. The van der Waals surface area contributed by atoms with Crippen molar-refractivity contribution in [1.29, 1.82) is 0 Å². The van der Waals surface area contributed by atoms with Gasteiger partial charge in [-0.2, -0.15) is 0 Å². The summed E-state index contributed by atoms with van der Waals surface area (Å²) in [4.78, 5) is 23.1. The fourth-order valence-electron chi connectivity index (χ4n) is 8.52. The van der Waals surface area contributed by atoms with Crippen molar-refractivity contribution in [3.8, 4) is 0 Å². The third-order valence-electron chi connectivity index (χ3n) is 10.2. The lowest BCUT2D eigenvalue weighted by Gasteiger charge is -2.62. The number of aliphatic hydroxyl groups excluding tert-OH is 1. The molecule has 0 saturated heterocycles. The van der Waals surface area contributed by atoms with Crippen LogP contribution in [0.5, 0.6) is 0 Å². The normalized spacial score (nSPS) is 49.1. The van der Waals surface area contributed by atoms with Crippen LogP contribution in [0.3, 0.4) is 0 Å². The maximum atomic E-state index is 12.1. The van der Waals surface area contributed by atoms with Crippen LogP contribution in [-0.4, -0.2) is 28.1 Å². The number of aliphatic carboxylic acids is 1. The van der Waals surface area contributed by atoms with Crippen molar-refractivity contribution in [3.63, 3.8) is 0 Å². The average Bonchev–Trinajstić information content (AvgIpc) is 3.00. The summed E-state index contributed by atoms with van der Waals surface area (Å²) < 4.78 is 0. The lowest BCUT2D eigenvalue weighted by Crippen LogP contribution is -2.58. The molecule has 4 saturated carbocycles. The van der Waals surface area contributed by atoms with Crippen molar-refractivity contribution >= 4 is 11.8 Å². The first kappa shape index (κ1) is 20.4. The van der Waals surface area contributed by atoms with Crippen molar-refractivity contribution < 1.29 is 19.8 Å². The van der Waals surface area contributed by atoms with Gasteiger partial charge in [0.1, 0.15) is 5.78 Å². The molecule has 0 aromatic rings. The SMILES string of the molecule is C[C@H](CCC(=O)O)[C@H]1CC[C@H]2[C@@H]3CC[C@@H]4CC(=O)CC[C@]4(C)[C@H]3C[C@@H](O)[C@]12C. The van der Waals surface area contributed by atoms with E-state index in [-0.39, 0.29) is 23.4 Å². The number of ketones is 1. The Morgan fingerprint density at radius 1 is 1.18 bits per heavy atom. The molecule has 4 aliphatic carbocycles. The van der Waals surface area contributed by atoms with Gasteiger partial charge in [-0.1, -0.05) is 20.8 Å². The molecule has 4 heteroatoms. The number of carboxylic acids is 1. The second-order valence-electron chi connectivity index (χ2n) is 11.1. The Hall–Kier alpha value is -0.900. The number of fused-ring (bicyclic) bond motifs is 5. The van der Waals surface area contributed by atoms with Gasteiger partial charge in [0.25, 0.3) is 0 Å². The van der Waals surface area contributed by atoms with Crippen molar-refractivity contribution in [1.82, 2.24) is 0 Å². The van der Waals surface area contributed by atoms with Crippen LogP contribution in [0.15, 0.2) is 0 Å². The second-order valence-corrected chi connectivity index (χ2v) is 11.1. The van der Waals surface area contributed by atoms with Gasteiger partial charge in [-0.25, -0.2) is 0 Å². The first-order chi connectivity index (χ1) is 13.2. The summed E-state index contributed by atoms with van der Waals surface area (Å²) in [6.07, 6.45) is 8.69. The average molecular weight is 391 g/mol. The molecule has 2 N–H and O–H groups in total. The summed E-state index contributed by atoms with van der Waals surface area (Å²) in [7, 11) is 0. The van der Waals surface area contributed by atoms with Crippen LogP contribution in [-0.2, 0) is 9.59 Å².